The van der Waals surface area contributed by atoms with Crippen LogP contribution in [-0.4, -0.2) is 45.6 Å². The summed E-state index contributed by atoms with van der Waals surface area (Å²) in [5, 5.41) is 13.5. The third-order valence-corrected chi connectivity index (χ3v) is 7.61. The summed E-state index contributed by atoms with van der Waals surface area (Å²) in [6.45, 7) is 2.79. The molecule has 2 fully saturated rings. The molecule has 176 valence electrons. The average Bonchev–Trinajstić information content (AvgIpc) is 3.58. The lowest BCUT2D eigenvalue weighted by molar-refractivity contribution is -0.143. The third kappa shape index (κ3) is 5.37. The number of hydrogen-bond acceptors (Lipinski definition) is 5. The molecule has 2 atom stereocenters. The van der Waals surface area contributed by atoms with E-state index in [1.807, 2.05) is 6.07 Å². The number of aryl methyl sites for hydroxylation is 2. The highest BCUT2D eigenvalue weighted by atomic mass is 16.4. The number of pyridine rings is 2. The lowest BCUT2D eigenvalue weighted by Crippen LogP contribution is -2.33. The predicted molar refractivity (Wildman–Crippen MR) is 129 cm³/mol. The largest absolute Gasteiger partial charge is 0.480 e. The standard InChI is InChI=1S/C27H36N4O2/c32-27(33)25(24-17-28-15-12-23(24)20-8-9-20)31-16-13-19(18-31)5-2-1-3-7-22-11-10-21-6-4-14-29-26(21)30-22/h10-12,15,17,19-20,25H,1-9,13-14,16,18H2,(H,29,30)(H,32,33)/t19-,25-/m1/s1. The van der Waals surface area contributed by atoms with Crippen molar-refractivity contribution in [2.45, 2.75) is 76.2 Å². The van der Waals surface area contributed by atoms with Gasteiger partial charge in [-0.05, 0) is 93.0 Å². The summed E-state index contributed by atoms with van der Waals surface area (Å²) in [6.07, 6.45) is 15.2. The Bertz CT molecular complexity index is 974. The van der Waals surface area contributed by atoms with Gasteiger partial charge in [-0.3, -0.25) is 14.7 Å². The molecule has 1 saturated heterocycles. The number of likely N-dealkylation sites (tertiary alicyclic amines) is 1. The number of nitrogens with zero attached hydrogens (tertiary/aromatic N) is 3. The van der Waals surface area contributed by atoms with Gasteiger partial charge in [-0.25, -0.2) is 4.98 Å². The number of aromatic nitrogens is 2. The van der Waals surface area contributed by atoms with Crippen molar-refractivity contribution >= 4 is 11.8 Å². The van der Waals surface area contributed by atoms with E-state index in [-0.39, 0.29) is 0 Å². The molecule has 2 aromatic heterocycles. The van der Waals surface area contributed by atoms with Gasteiger partial charge in [-0.15, -0.1) is 0 Å². The molecule has 6 nitrogen and oxygen atoms in total. The molecule has 0 aromatic carbocycles. The third-order valence-electron chi connectivity index (χ3n) is 7.61. The number of carboxylic acids is 1. The van der Waals surface area contributed by atoms with Crippen molar-refractivity contribution in [3.63, 3.8) is 0 Å². The smallest absolute Gasteiger partial charge is 0.325 e. The van der Waals surface area contributed by atoms with E-state index in [4.69, 9.17) is 4.98 Å². The van der Waals surface area contributed by atoms with E-state index in [0.29, 0.717) is 11.8 Å². The van der Waals surface area contributed by atoms with Gasteiger partial charge in [0.15, 0.2) is 0 Å². The van der Waals surface area contributed by atoms with Crippen LogP contribution in [0.1, 0.15) is 85.7 Å². The summed E-state index contributed by atoms with van der Waals surface area (Å²) >= 11 is 0. The fourth-order valence-corrected chi connectivity index (χ4v) is 5.65. The number of anilines is 1. The minimum Gasteiger partial charge on any atom is -0.480 e. The summed E-state index contributed by atoms with van der Waals surface area (Å²) in [5.74, 6) is 1.48. The Hall–Kier alpha value is -2.47. The minimum absolute atomic E-state index is 0.531. The molecule has 4 heterocycles. The SMILES string of the molecule is O=C(O)[C@@H](c1cnccc1C1CC1)N1CC[C@@H](CCCCCc2ccc3c(n2)NCCC3)C1. The fourth-order valence-electron chi connectivity index (χ4n) is 5.65. The van der Waals surface area contributed by atoms with Crippen LogP contribution in [-0.2, 0) is 17.6 Å². The van der Waals surface area contributed by atoms with Gasteiger partial charge in [0.25, 0.3) is 0 Å². The van der Waals surface area contributed by atoms with E-state index in [2.05, 4.69) is 27.3 Å². The van der Waals surface area contributed by atoms with Crippen LogP contribution in [0.25, 0.3) is 0 Å². The molecule has 0 spiro atoms. The van der Waals surface area contributed by atoms with Crippen LogP contribution in [0, 0.1) is 5.92 Å². The van der Waals surface area contributed by atoms with Gasteiger partial charge in [0.05, 0.1) is 0 Å². The van der Waals surface area contributed by atoms with Crippen LogP contribution in [0.15, 0.2) is 30.6 Å². The first-order valence-electron chi connectivity index (χ1n) is 12.8. The average molecular weight is 449 g/mol. The molecule has 0 unspecified atom stereocenters. The number of fused-ring (bicyclic) bond motifs is 1. The van der Waals surface area contributed by atoms with E-state index < -0.39 is 12.0 Å². The van der Waals surface area contributed by atoms with E-state index in [0.717, 1.165) is 50.3 Å². The van der Waals surface area contributed by atoms with Crippen LogP contribution in [0.4, 0.5) is 5.82 Å². The van der Waals surface area contributed by atoms with Gasteiger partial charge in [0, 0.05) is 36.7 Å². The molecule has 0 radical (unpaired) electrons. The van der Waals surface area contributed by atoms with E-state index in [1.165, 1.54) is 61.8 Å². The van der Waals surface area contributed by atoms with Crippen LogP contribution in [0.3, 0.4) is 0 Å². The number of carbonyl (C=O) groups is 1. The second-order valence-electron chi connectivity index (χ2n) is 10.1. The summed E-state index contributed by atoms with van der Waals surface area (Å²) in [6, 6.07) is 5.92. The van der Waals surface area contributed by atoms with Crippen molar-refractivity contribution in [3.8, 4) is 0 Å². The molecule has 2 aromatic rings. The maximum atomic E-state index is 12.2. The number of rotatable bonds is 10. The second-order valence-corrected chi connectivity index (χ2v) is 10.1. The fraction of sp³-hybridized carbons (Fsp3) is 0.593. The van der Waals surface area contributed by atoms with Crippen molar-refractivity contribution in [2.75, 3.05) is 25.0 Å². The summed E-state index contributed by atoms with van der Waals surface area (Å²) < 4.78 is 0. The lowest BCUT2D eigenvalue weighted by Gasteiger charge is -2.26. The molecule has 1 saturated carbocycles. The number of aliphatic carboxylic acids is 1. The molecule has 0 amide bonds. The Kier molecular flexibility index (Phi) is 6.91. The Labute approximate surface area is 196 Å². The second kappa shape index (κ2) is 10.2. The van der Waals surface area contributed by atoms with Gasteiger partial charge >= 0.3 is 5.97 Å². The van der Waals surface area contributed by atoms with Crippen LogP contribution in [0.2, 0.25) is 0 Å². The highest BCUT2D eigenvalue weighted by Gasteiger charge is 2.37. The number of hydrogen-bond donors (Lipinski definition) is 2. The highest BCUT2D eigenvalue weighted by Crippen LogP contribution is 2.44. The molecule has 5 rings (SSSR count). The van der Waals surface area contributed by atoms with Crippen molar-refractivity contribution in [2.24, 2.45) is 5.92 Å². The molecular formula is C27H36N4O2. The quantitative estimate of drug-likeness (QED) is 0.500. The van der Waals surface area contributed by atoms with Gasteiger partial charge < -0.3 is 10.4 Å². The summed E-state index contributed by atoms with van der Waals surface area (Å²) in [7, 11) is 0. The van der Waals surface area contributed by atoms with Crippen molar-refractivity contribution in [3.05, 3.63) is 53.0 Å². The number of carboxylic acid groups (broad SMARTS) is 1. The molecule has 33 heavy (non-hydrogen) atoms. The molecule has 2 N–H and O–H groups in total. The Morgan fingerprint density at radius 1 is 1.18 bits per heavy atom. The molecule has 1 aliphatic carbocycles. The minimum atomic E-state index is -0.738. The Balaban J connectivity index is 1.08. The zero-order valence-corrected chi connectivity index (χ0v) is 19.5. The van der Waals surface area contributed by atoms with Crippen LogP contribution >= 0.6 is 0 Å². The van der Waals surface area contributed by atoms with E-state index in [1.54, 1.807) is 12.4 Å². The zero-order valence-electron chi connectivity index (χ0n) is 19.5. The Morgan fingerprint density at radius 3 is 2.94 bits per heavy atom. The lowest BCUT2D eigenvalue weighted by atomic mass is 9.97. The highest BCUT2D eigenvalue weighted by molar-refractivity contribution is 5.76. The monoisotopic (exact) mass is 448 g/mol. The Morgan fingerprint density at radius 2 is 2.09 bits per heavy atom. The molecule has 3 aliphatic rings. The molecule has 6 heteroatoms. The van der Waals surface area contributed by atoms with Gasteiger partial charge in [0.1, 0.15) is 11.9 Å². The van der Waals surface area contributed by atoms with E-state index in [9.17, 15) is 9.90 Å². The first-order chi connectivity index (χ1) is 16.2. The molecule has 2 aliphatic heterocycles. The van der Waals surface area contributed by atoms with Crippen molar-refractivity contribution in [1.82, 2.24) is 14.9 Å². The van der Waals surface area contributed by atoms with Crippen molar-refractivity contribution in [1.29, 1.82) is 0 Å². The zero-order chi connectivity index (χ0) is 22.6. The van der Waals surface area contributed by atoms with Crippen molar-refractivity contribution < 1.29 is 9.90 Å². The predicted octanol–water partition coefficient (Wildman–Crippen LogP) is 4.96. The van der Waals surface area contributed by atoms with Crippen LogP contribution < -0.4 is 5.32 Å². The van der Waals surface area contributed by atoms with Crippen LogP contribution in [0.5, 0.6) is 0 Å². The summed E-state index contributed by atoms with van der Waals surface area (Å²) in [5.41, 5.74) is 4.67. The van der Waals surface area contributed by atoms with Gasteiger partial charge in [-0.2, -0.15) is 0 Å². The van der Waals surface area contributed by atoms with Gasteiger partial charge in [0.2, 0.25) is 0 Å². The topological polar surface area (TPSA) is 78.3 Å². The number of unbranched alkanes of at least 4 members (excludes halogenated alkanes) is 2. The van der Waals surface area contributed by atoms with Gasteiger partial charge in [-0.1, -0.05) is 18.9 Å². The first-order valence-corrected chi connectivity index (χ1v) is 12.8. The molecular weight excluding hydrogens is 412 g/mol. The van der Waals surface area contributed by atoms with E-state index >= 15 is 0 Å². The summed E-state index contributed by atoms with van der Waals surface area (Å²) in [4.78, 5) is 23.5. The maximum Gasteiger partial charge on any atom is 0.325 e. The normalized spacial score (nSPS) is 21.4. The number of nitrogens with one attached hydrogen (secondary N) is 1. The molecule has 0 bridgehead atoms. The first kappa shape index (κ1) is 22.3. The maximum absolute atomic E-state index is 12.2.